The first-order chi connectivity index (χ1) is 12.7. The Balaban J connectivity index is 1.38. The van der Waals surface area contributed by atoms with Crippen LogP contribution >= 0.6 is 0 Å². The third-order valence-electron chi connectivity index (χ3n) is 6.08. The van der Waals surface area contributed by atoms with Crippen molar-refractivity contribution in [3.63, 3.8) is 0 Å². The van der Waals surface area contributed by atoms with Crippen molar-refractivity contribution >= 4 is 16.9 Å². The summed E-state index contributed by atoms with van der Waals surface area (Å²) in [5, 5.41) is 10.8. The molecule has 1 aromatic carbocycles. The second-order valence-corrected chi connectivity index (χ2v) is 7.58. The van der Waals surface area contributed by atoms with E-state index in [9.17, 15) is 9.90 Å². The number of amides is 1. The van der Waals surface area contributed by atoms with Crippen LogP contribution in [0, 0.1) is 11.8 Å². The first-order valence-corrected chi connectivity index (χ1v) is 9.22. The van der Waals surface area contributed by atoms with Gasteiger partial charge in [0.2, 0.25) is 0 Å². The molecule has 0 unspecified atom stereocenters. The lowest BCUT2D eigenvalue weighted by Crippen LogP contribution is -2.36. The van der Waals surface area contributed by atoms with Crippen LogP contribution in [-0.2, 0) is 0 Å². The molecule has 3 aromatic rings. The highest BCUT2D eigenvalue weighted by molar-refractivity contribution is 5.94. The average Bonchev–Trinajstić information content (AvgIpc) is 3.39. The molecule has 0 spiro atoms. The number of imidazole rings is 1. The van der Waals surface area contributed by atoms with Crippen LogP contribution in [0.3, 0.4) is 0 Å². The van der Waals surface area contributed by atoms with Crippen molar-refractivity contribution in [3.8, 4) is 0 Å². The lowest BCUT2D eigenvalue weighted by atomic mass is 9.77. The maximum absolute atomic E-state index is 12.6. The van der Waals surface area contributed by atoms with Crippen LogP contribution in [0.5, 0.6) is 0 Å². The van der Waals surface area contributed by atoms with E-state index in [4.69, 9.17) is 0 Å². The molecule has 1 saturated carbocycles. The van der Waals surface area contributed by atoms with Crippen LogP contribution in [0.2, 0.25) is 0 Å². The molecule has 2 N–H and O–H groups in total. The highest BCUT2D eigenvalue weighted by atomic mass is 16.3. The molecular weight excluding hydrogens is 328 g/mol. The first kappa shape index (κ1) is 15.6. The molecule has 6 heteroatoms. The van der Waals surface area contributed by atoms with Gasteiger partial charge in [0.05, 0.1) is 35.1 Å². The standard InChI is InChI=1S/C20H22N4O2/c25-19-8-15-11-23(20(26)13-5-6-21-9-13)10-14(15)7-18(19)24-12-22-16-3-1-2-4-17(16)24/h1-6,9,12,14-15,18-19,21,25H,7-8,10-11H2/t14-,15+,18-,19-/m1/s1. The summed E-state index contributed by atoms with van der Waals surface area (Å²) in [5.41, 5.74) is 2.73. The topological polar surface area (TPSA) is 74.2 Å². The largest absolute Gasteiger partial charge is 0.391 e. The number of likely N-dealkylation sites (tertiary alicyclic amines) is 1. The zero-order chi connectivity index (χ0) is 17.7. The fourth-order valence-corrected chi connectivity index (χ4v) is 4.75. The van der Waals surface area contributed by atoms with Gasteiger partial charge in [-0.15, -0.1) is 0 Å². The minimum absolute atomic E-state index is 0.0194. The summed E-state index contributed by atoms with van der Waals surface area (Å²) in [5.74, 6) is 0.881. The first-order valence-electron chi connectivity index (χ1n) is 9.22. The molecule has 2 aliphatic rings. The Bertz CT molecular complexity index is 932. The molecule has 2 fully saturated rings. The van der Waals surface area contributed by atoms with Gasteiger partial charge in [0.25, 0.3) is 5.91 Å². The Labute approximate surface area is 151 Å². The van der Waals surface area contributed by atoms with Crippen molar-refractivity contribution in [2.45, 2.75) is 25.0 Å². The monoisotopic (exact) mass is 350 g/mol. The minimum Gasteiger partial charge on any atom is -0.391 e. The van der Waals surface area contributed by atoms with E-state index in [0.29, 0.717) is 17.4 Å². The van der Waals surface area contributed by atoms with E-state index < -0.39 is 6.10 Å². The fourth-order valence-electron chi connectivity index (χ4n) is 4.75. The number of nitrogens with zero attached hydrogens (tertiary/aromatic N) is 3. The number of fused-ring (bicyclic) bond motifs is 2. The van der Waals surface area contributed by atoms with Gasteiger partial charge in [0.15, 0.2) is 0 Å². The molecule has 0 radical (unpaired) electrons. The quantitative estimate of drug-likeness (QED) is 0.745. The van der Waals surface area contributed by atoms with Gasteiger partial charge in [-0.25, -0.2) is 4.98 Å². The van der Waals surface area contributed by atoms with Crippen LogP contribution in [0.25, 0.3) is 11.0 Å². The van der Waals surface area contributed by atoms with Crippen LogP contribution < -0.4 is 0 Å². The summed E-state index contributed by atoms with van der Waals surface area (Å²) in [6, 6.07) is 9.87. The van der Waals surface area contributed by atoms with Crippen LogP contribution in [-0.4, -0.2) is 49.6 Å². The molecule has 6 nitrogen and oxygen atoms in total. The molecule has 1 amide bonds. The van der Waals surface area contributed by atoms with Gasteiger partial charge < -0.3 is 19.6 Å². The number of hydrogen-bond acceptors (Lipinski definition) is 3. The summed E-state index contributed by atoms with van der Waals surface area (Å²) in [6.45, 7) is 1.51. The highest BCUT2D eigenvalue weighted by Crippen LogP contribution is 2.42. The fraction of sp³-hybridized carbons (Fsp3) is 0.400. The number of rotatable bonds is 2. The van der Waals surface area contributed by atoms with E-state index in [2.05, 4.69) is 20.6 Å². The van der Waals surface area contributed by atoms with Gasteiger partial charge in [0.1, 0.15) is 0 Å². The van der Waals surface area contributed by atoms with E-state index in [-0.39, 0.29) is 11.9 Å². The van der Waals surface area contributed by atoms with Gasteiger partial charge in [0, 0.05) is 25.5 Å². The molecule has 2 aromatic heterocycles. The summed E-state index contributed by atoms with van der Waals surface area (Å²) in [6.07, 6.45) is 6.58. The molecule has 0 bridgehead atoms. The summed E-state index contributed by atoms with van der Waals surface area (Å²) in [7, 11) is 0. The lowest BCUT2D eigenvalue weighted by Gasteiger charge is -2.36. The molecule has 4 atom stereocenters. The molecule has 26 heavy (non-hydrogen) atoms. The Morgan fingerprint density at radius 2 is 1.96 bits per heavy atom. The molecule has 1 aliphatic carbocycles. The molecule has 5 rings (SSSR count). The Morgan fingerprint density at radius 3 is 2.77 bits per heavy atom. The normalized spacial score (nSPS) is 28.4. The van der Waals surface area contributed by atoms with Gasteiger partial charge in [-0.05, 0) is 42.9 Å². The lowest BCUT2D eigenvalue weighted by molar-refractivity contribution is 0.0374. The van der Waals surface area contributed by atoms with Crippen molar-refractivity contribution in [2.75, 3.05) is 13.1 Å². The second-order valence-electron chi connectivity index (χ2n) is 7.58. The molecule has 1 saturated heterocycles. The number of benzene rings is 1. The molecule has 134 valence electrons. The SMILES string of the molecule is O=C(c1cc[nH]c1)N1C[C@H]2C[C@@H](n3cnc4ccccc43)[C@H](O)C[C@H]2C1. The predicted octanol–water partition coefficient (Wildman–Crippen LogP) is 2.45. The van der Waals surface area contributed by atoms with Crippen molar-refractivity contribution in [1.29, 1.82) is 0 Å². The number of H-pyrrole nitrogens is 1. The highest BCUT2D eigenvalue weighted by Gasteiger charge is 2.43. The van der Waals surface area contributed by atoms with Gasteiger partial charge in [-0.1, -0.05) is 12.1 Å². The van der Waals surface area contributed by atoms with Crippen molar-refractivity contribution < 1.29 is 9.90 Å². The molecular formula is C20H22N4O2. The maximum atomic E-state index is 12.6. The number of aromatic nitrogens is 3. The summed E-state index contributed by atoms with van der Waals surface area (Å²) in [4.78, 5) is 22.0. The summed E-state index contributed by atoms with van der Waals surface area (Å²) < 4.78 is 2.12. The molecule has 1 aliphatic heterocycles. The van der Waals surface area contributed by atoms with Gasteiger partial charge in [-0.2, -0.15) is 0 Å². The number of hydrogen-bond donors (Lipinski definition) is 2. The smallest absolute Gasteiger partial charge is 0.255 e. The van der Waals surface area contributed by atoms with Gasteiger partial charge >= 0.3 is 0 Å². The van der Waals surface area contributed by atoms with Crippen LogP contribution in [0.4, 0.5) is 0 Å². The second kappa shape index (κ2) is 5.99. The number of nitrogens with one attached hydrogen (secondary N) is 1. The number of aromatic amines is 1. The number of carbonyl (C=O) groups is 1. The van der Waals surface area contributed by atoms with E-state index in [0.717, 1.165) is 37.0 Å². The Morgan fingerprint density at radius 1 is 1.15 bits per heavy atom. The summed E-state index contributed by atoms with van der Waals surface area (Å²) >= 11 is 0. The van der Waals surface area contributed by atoms with E-state index in [1.807, 2.05) is 35.5 Å². The van der Waals surface area contributed by atoms with E-state index in [1.54, 1.807) is 12.4 Å². The number of carbonyl (C=O) groups excluding carboxylic acids is 1. The van der Waals surface area contributed by atoms with Crippen LogP contribution in [0.15, 0.2) is 49.1 Å². The maximum Gasteiger partial charge on any atom is 0.255 e. The number of para-hydroxylation sites is 2. The van der Waals surface area contributed by atoms with E-state index >= 15 is 0 Å². The van der Waals surface area contributed by atoms with E-state index in [1.165, 1.54) is 0 Å². The van der Waals surface area contributed by atoms with Crippen molar-refractivity contribution in [1.82, 2.24) is 19.4 Å². The number of aliphatic hydroxyl groups is 1. The third-order valence-corrected chi connectivity index (χ3v) is 6.08. The third kappa shape index (κ3) is 2.44. The number of aliphatic hydroxyl groups excluding tert-OH is 1. The minimum atomic E-state index is -0.406. The molecule has 3 heterocycles. The van der Waals surface area contributed by atoms with Crippen LogP contribution in [0.1, 0.15) is 29.2 Å². The zero-order valence-electron chi connectivity index (χ0n) is 14.5. The Kier molecular flexibility index (Phi) is 3.60. The van der Waals surface area contributed by atoms with Crippen molar-refractivity contribution in [2.24, 2.45) is 11.8 Å². The zero-order valence-corrected chi connectivity index (χ0v) is 14.5. The average molecular weight is 350 g/mol. The van der Waals surface area contributed by atoms with Gasteiger partial charge in [-0.3, -0.25) is 4.79 Å². The van der Waals surface area contributed by atoms with Crippen molar-refractivity contribution in [3.05, 3.63) is 54.6 Å². The Hall–Kier alpha value is -2.60. The predicted molar refractivity (Wildman–Crippen MR) is 97.7 cm³/mol.